The summed E-state index contributed by atoms with van der Waals surface area (Å²) in [6.07, 6.45) is 0. The van der Waals surface area contributed by atoms with Crippen molar-refractivity contribution in [1.82, 2.24) is 20.2 Å². The molecule has 0 N–H and O–H groups in total. The van der Waals surface area contributed by atoms with Crippen molar-refractivity contribution < 1.29 is 0 Å². The molecule has 1 heterocycles. The Morgan fingerprint density at radius 3 is 2.75 bits per heavy atom. The van der Waals surface area contributed by atoms with Crippen LogP contribution in [0, 0.1) is 6.92 Å². The van der Waals surface area contributed by atoms with Crippen molar-refractivity contribution in [3.8, 4) is 0 Å². The molecule has 0 aliphatic rings. The van der Waals surface area contributed by atoms with E-state index in [-0.39, 0.29) is 0 Å². The summed E-state index contributed by atoms with van der Waals surface area (Å²) in [7, 11) is 0. The molecule has 0 radical (unpaired) electrons. The molecule has 0 saturated heterocycles. The second-order valence-electron chi connectivity index (χ2n) is 1.35. The summed E-state index contributed by atoms with van der Waals surface area (Å²) in [4.78, 5) is 0. The van der Waals surface area contributed by atoms with Gasteiger partial charge >= 0.3 is 0 Å². The second kappa shape index (κ2) is 2.38. The Hall–Kier alpha value is -0.200. The Kier molecular flexibility index (Phi) is 1.77. The number of hydrogen-bond acceptors (Lipinski definition) is 3. The lowest BCUT2D eigenvalue weighted by Gasteiger charge is -1.88. The molecule has 0 fully saturated rings. The van der Waals surface area contributed by atoms with Gasteiger partial charge in [0.05, 0.1) is 4.55 Å². The van der Waals surface area contributed by atoms with E-state index in [2.05, 4.69) is 38.1 Å². The molecule has 4 nitrogen and oxygen atoms in total. The number of rotatable bonds is 1. The topological polar surface area (TPSA) is 43.6 Å². The fourth-order valence-electron chi connectivity index (χ4n) is 0.360. The number of nitrogens with zero attached hydrogens (tertiary/aromatic N) is 4. The average Bonchev–Trinajstić information content (AvgIpc) is 2.14. The van der Waals surface area contributed by atoms with Gasteiger partial charge in [-0.3, -0.25) is 0 Å². The summed E-state index contributed by atoms with van der Waals surface area (Å²) in [6.45, 7) is 1.87. The van der Waals surface area contributed by atoms with Crippen molar-refractivity contribution in [2.45, 2.75) is 11.5 Å². The van der Waals surface area contributed by atoms with Gasteiger partial charge in [-0.05, 0) is 17.4 Å². The van der Waals surface area contributed by atoms with E-state index in [1.165, 1.54) is 0 Å². The number of alkyl halides is 1. The van der Waals surface area contributed by atoms with Crippen LogP contribution in [0.5, 0.6) is 0 Å². The quantitative estimate of drug-likeness (QED) is 0.511. The highest BCUT2D eigenvalue weighted by Gasteiger charge is 1.93. The van der Waals surface area contributed by atoms with E-state index in [1.807, 2.05) is 6.92 Å². The van der Waals surface area contributed by atoms with Crippen LogP contribution in [0.4, 0.5) is 0 Å². The molecule has 0 aliphatic heterocycles. The minimum absolute atomic E-state index is 0.816. The highest BCUT2D eigenvalue weighted by atomic mass is 127. The molecule has 1 aromatic rings. The lowest BCUT2D eigenvalue weighted by molar-refractivity contribution is 0.695. The first-order valence-electron chi connectivity index (χ1n) is 2.13. The maximum Gasteiger partial charge on any atom is 0.149 e. The lowest BCUT2D eigenvalue weighted by Crippen LogP contribution is -1.96. The van der Waals surface area contributed by atoms with Crippen molar-refractivity contribution in [1.29, 1.82) is 0 Å². The molecule has 0 unspecified atom stereocenters. The minimum Gasteiger partial charge on any atom is -0.220 e. The largest absolute Gasteiger partial charge is 0.220 e. The van der Waals surface area contributed by atoms with Crippen LogP contribution in [0.3, 0.4) is 0 Å². The maximum absolute atomic E-state index is 3.68. The van der Waals surface area contributed by atoms with Crippen LogP contribution in [0.25, 0.3) is 0 Å². The first-order valence-corrected chi connectivity index (χ1v) is 3.66. The minimum atomic E-state index is 0.816. The number of hydrogen-bond donors (Lipinski definition) is 0. The number of aryl methyl sites for hydroxylation is 1. The van der Waals surface area contributed by atoms with E-state index < -0.39 is 0 Å². The van der Waals surface area contributed by atoms with Gasteiger partial charge in [0, 0.05) is 0 Å². The Morgan fingerprint density at radius 1 is 1.75 bits per heavy atom. The van der Waals surface area contributed by atoms with E-state index in [4.69, 9.17) is 0 Å². The Labute approximate surface area is 60.4 Å². The van der Waals surface area contributed by atoms with Gasteiger partial charge in [-0.25, -0.2) is 4.68 Å². The average molecular weight is 224 g/mol. The Morgan fingerprint density at radius 2 is 2.50 bits per heavy atom. The van der Waals surface area contributed by atoms with Crippen molar-refractivity contribution >= 4 is 22.6 Å². The summed E-state index contributed by atoms with van der Waals surface area (Å²) >= 11 is 2.20. The molecule has 44 valence electrons. The zero-order chi connectivity index (χ0) is 5.98. The normalized spacial score (nSPS) is 9.75. The first-order chi connectivity index (χ1) is 3.84. The van der Waals surface area contributed by atoms with Crippen molar-refractivity contribution in [2.75, 3.05) is 0 Å². The molecule has 0 spiro atoms. The van der Waals surface area contributed by atoms with Crippen molar-refractivity contribution in [3.63, 3.8) is 0 Å². The highest BCUT2D eigenvalue weighted by molar-refractivity contribution is 14.1. The van der Waals surface area contributed by atoms with Gasteiger partial charge < -0.3 is 0 Å². The molecule has 0 atom stereocenters. The van der Waals surface area contributed by atoms with E-state index in [0.29, 0.717) is 0 Å². The van der Waals surface area contributed by atoms with Crippen LogP contribution < -0.4 is 0 Å². The SMILES string of the molecule is Cc1nnnn1CI. The monoisotopic (exact) mass is 224 g/mol. The number of halogens is 1. The van der Waals surface area contributed by atoms with E-state index in [9.17, 15) is 0 Å². The molecule has 0 aromatic carbocycles. The number of tetrazole rings is 1. The van der Waals surface area contributed by atoms with E-state index in [1.54, 1.807) is 4.68 Å². The van der Waals surface area contributed by atoms with E-state index in [0.717, 1.165) is 10.4 Å². The van der Waals surface area contributed by atoms with Gasteiger partial charge in [0.2, 0.25) is 0 Å². The molecular weight excluding hydrogens is 219 g/mol. The molecule has 0 saturated carbocycles. The lowest BCUT2D eigenvalue weighted by atomic mass is 10.7. The third-order valence-corrected chi connectivity index (χ3v) is 1.47. The third kappa shape index (κ3) is 0.960. The van der Waals surface area contributed by atoms with Gasteiger partial charge in [-0.2, -0.15) is 0 Å². The van der Waals surface area contributed by atoms with Gasteiger partial charge in [-0.15, -0.1) is 5.10 Å². The van der Waals surface area contributed by atoms with Crippen LogP contribution in [-0.4, -0.2) is 20.2 Å². The smallest absolute Gasteiger partial charge is 0.149 e. The van der Waals surface area contributed by atoms with Gasteiger partial charge in [0.25, 0.3) is 0 Å². The van der Waals surface area contributed by atoms with Crippen molar-refractivity contribution in [2.24, 2.45) is 0 Å². The summed E-state index contributed by atoms with van der Waals surface area (Å²) in [5, 5.41) is 10.8. The Bertz CT molecular complexity index is 172. The zero-order valence-corrected chi connectivity index (χ0v) is 6.53. The third-order valence-electron chi connectivity index (χ3n) is 0.824. The predicted molar refractivity (Wildman–Crippen MR) is 36.6 cm³/mol. The van der Waals surface area contributed by atoms with Crippen LogP contribution in [-0.2, 0) is 4.55 Å². The summed E-state index contributed by atoms with van der Waals surface area (Å²) in [6, 6.07) is 0. The molecule has 0 aliphatic carbocycles. The first kappa shape index (κ1) is 5.93. The predicted octanol–water partition coefficient (Wildman–Crippen LogP) is 0.374. The zero-order valence-electron chi connectivity index (χ0n) is 4.37. The van der Waals surface area contributed by atoms with Gasteiger partial charge in [-0.1, -0.05) is 22.6 Å². The number of aromatic nitrogens is 4. The van der Waals surface area contributed by atoms with Crippen LogP contribution >= 0.6 is 22.6 Å². The fourth-order valence-corrected chi connectivity index (χ4v) is 0.990. The second-order valence-corrected chi connectivity index (χ2v) is 2.03. The molecule has 1 rings (SSSR count). The highest BCUT2D eigenvalue weighted by Crippen LogP contribution is 1.91. The molecule has 8 heavy (non-hydrogen) atoms. The molecule has 0 bridgehead atoms. The Balaban J connectivity index is 2.92. The van der Waals surface area contributed by atoms with Gasteiger partial charge in [0.1, 0.15) is 5.82 Å². The molecule has 5 heteroatoms. The standard InChI is InChI=1S/C3H5IN4/c1-3-5-6-7-8(3)2-4/h2H2,1H3. The van der Waals surface area contributed by atoms with Crippen LogP contribution in [0.2, 0.25) is 0 Å². The van der Waals surface area contributed by atoms with E-state index >= 15 is 0 Å². The van der Waals surface area contributed by atoms with Crippen LogP contribution in [0.15, 0.2) is 0 Å². The maximum atomic E-state index is 3.68. The summed E-state index contributed by atoms with van der Waals surface area (Å²) in [5.74, 6) is 0.861. The summed E-state index contributed by atoms with van der Waals surface area (Å²) < 4.78 is 2.54. The molecule has 1 aromatic heterocycles. The van der Waals surface area contributed by atoms with Gasteiger partial charge in [0.15, 0.2) is 0 Å². The molecule has 0 amide bonds. The fraction of sp³-hybridized carbons (Fsp3) is 0.667. The van der Waals surface area contributed by atoms with Crippen molar-refractivity contribution in [3.05, 3.63) is 5.82 Å². The van der Waals surface area contributed by atoms with Crippen LogP contribution in [0.1, 0.15) is 5.82 Å². The molecular formula is C3H5IN4. The summed E-state index contributed by atoms with van der Waals surface area (Å²) in [5.41, 5.74) is 0.